The van der Waals surface area contributed by atoms with Gasteiger partial charge in [0.1, 0.15) is 5.82 Å². The van der Waals surface area contributed by atoms with Crippen molar-refractivity contribution in [2.45, 2.75) is 6.92 Å². The van der Waals surface area contributed by atoms with Gasteiger partial charge in [-0.25, -0.2) is 4.39 Å². The summed E-state index contributed by atoms with van der Waals surface area (Å²) in [7, 11) is 3.52. The maximum absolute atomic E-state index is 12.9. The largest absolute Gasteiger partial charge is 0.388 e. The van der Waals surface area contributed by atoms with Crippen LogP contribution in [0.5, 0.6) is 0 Å². The molecule has 0 saturated heterocycles. The molecule has 20 heavy (non-hydrogen) atoms. The summed E-state index contributed by atoms with van der Waals surface area (Å²) in [4.78, 5) is 13.9. The molecule has 0 heterocycles. The van der Waals surface area contributed by atoms with Gasteiger partial charge in [-0.1, -0.05) is 0 Å². The fraction of sp³-hybridized carbons (Fsp3) is 0.188. The van der Waals surface area contributed by atoms with E-state index in [4.69, 9.17) is 0 Å². The number of nitrogens with one attached hydrogen (secondary N) is 1. The highest BCUT2D eigenvalue weighted by atomic mass is 19.1. The Morgan fingerprint density at radius 2 is 1.80 bits per heavy atom. The third-order valence-electron chi connectivity index (χ3n) is 3.26. The zero-order chi connectivity index (χ0) is 14.7. The SMILES string of the molecule is CNc1ccc(C(=O)N(C)c2ccc(F)cc2)cc1C. The van der Waals surface area contributed by atoms with Crippen LogP contribution in [0.25, 0.3) is 0 Å². The van der Waals surface area contributed by atoms with Crippen molar-refractivity contribution in [3.8, 4) is 0 Å². The topological polar surface area (TPSA) is 32.3 Å². The van der Waals surface area contributed by atoms with Crippen molar-refractivity contribution in [2.24, 2.45) is 0 Å². The third-order valence-corrected chi connectivity index (χ3v) is 3.26. The Balaban J connectivity index is 2.26. The lowest BCUT2D eigenvalue weighted by molar-refractivity contribution is 0.0993. The zero-order valence-electron chi connectivity index (χ0n) is 11.8. The van der Waals surface area contributed by atoms with E-state index in [1.165, 1.54) is 17.0 Å². The molecule has 0 atom stereocenters. The van der Waals surface area contributed by atoms with E-state index < -0.39 is 0 Å². The number of halogens is 1. The van der Waals surface area contributed by atoms with Crippen LogP contribution < -0.4 is 10.2 Å². The highest BCUT2D eigenvalue weighted by Gasteiger charge is 2.14. The van der Waals surface area contributed by atoms with Crippen LogP contribution in [-0.2, 0) is 0 Å². The molecule has 2 rings (SSSR count). The smallest absolute Gasteiger partial charge is 0.258 e. The van der Waals surface area contributed by atoms with Gasteiger partial charge < -0.3 is 10.2 Å². The number of rotatable bonds is 3. The van der Waals surface area contributed by atoms with E-state index in [-0.39, 0.29) is 11.7 Å². The van der Waals surface area contributed by atoms with Crippen molar-refractivity contribution in [1.82, 2.24) is 0 Å². The van der Waals surface area contributed by atoms with E-state index >= 15 is 0 Å². The van der Waals surface area contributed by atoms with Crippen molar-refractivity contribution >= 4 is 17.3 Å². The Morgan fingerprint density at radius 3 is 2.35 bits per heavy atom. The second kappa shape index (κ2) is 5.74. The lowest BCUT2D eigenvalue weighted by Gasteiger charge is -2.18. The van der Waals surface area contributed by atoms with E-state index in [0.717, 1.165) is 11.3 Å². The molecule has 0 aliphatic heterocycles. The molecular weight excluding hydrogens is 255 g/mol. The van der Waals surface area contributed by atoms with Gasteiger partial charge in [0, 0.05) is 31.0 Å². The van der Waals surface area contributed by atoms with Gasteiger partial charge in [0.05, 0.1) is 0 Å². The van der Waals surface area contributed by atoms with Crippen LogP contribution in [0.3, 0.4) is 0 Å². The number of hydrogen-bond acceptors (Lipinski definition) is 2. The molecule has 2 aromatic carbocycles. The summed E-state index contributed by atoms with van der Waals surface area (Å²) in [6.45, 7) is 1.94. The molecule has 3 nitrogen and oxygen atoms in total. The normalized spacial score (nSPS) is 10.2. The van der Waals surface area contributed by atoms with Gasteiger partial charge in [0.2, 0.25) is 0 Å². The minimum atomic E-state index is -0.316. The van der Waals surface area contributed by atoms with Crippen LogP contribution in [-0.4, -0.2) is 20.0 Å². The number of aryl methyl sites for hydroxylation is 1. The van der Waals surface area contributed by atoms with Crippen molar-refractivity contribution in [3.63, 3.8) is 0 Å². The van der Waals surface area contributed by atoms with Crippen LogP contribution in [0.4, 0.5) is 15.8 Å². The number of carbonyl (C=O) groups is 1. The molecule has 0 bridgehead atoms. The molecule has 0 aromatic heterocycles. The molecule has 0 saturated carbocycles. The number of benzene rings is 2. The first-order chi connectivity index (χ1) is 9.52. The van der Waals surface area contributed by atoms with Crippen molar-refractivity contribution in [1.29, 1.82) is 0 Å². The van der Waals surface area contributed by atoms with Gasteiger partial charge in [-0.05, 0) is 55.0 Å². The molecule has 4 heteroatoms. The Hall–Kier alpha value is -2.36. The predicted molar refractivity (Wildman–Crippen MR) is 79.9 cm³/mol. The number of nitrogens with zero attached hydrogens (tertiary/aromatic N) is 1. The van der Waals surface area contributed by atoms with E-state index in [1.54, 1.807) is 25.2 Å². The fourth-order valence-corrected chi connectivity index (χ4v) is 2.05. The summed E-state index contributed by atoms with van der Waals surface area (Å²) in [5.41, 5.74) is 3.26. The lowest BCUT2D eigenvalue weighted by atomic mass is 10.1. The average molecular weight is 272 g/mol. The highest BCUT2D eigenvalue weighted by molar-refractivity contribution is 6.06. The quantitative estimate of drug-likeness (QED) is 0.928. The standard InChI is InChI=1S/C16H17FN2O/c1-11-10-12(4-9-15(11)18-2)16(20)19(3)14-7-5-13(17)6-8-14/h4-10,18H,1-3H3. The lowest BCUT2D eigenvalue weighted by Crippen LogP contribution is -2.26. The number of anilines is 2. The molecule has 0 unspecified atom stereocenters. The third kappa shape index (κ3) is 2.79. The second-order valence-electron chi connectivity index (χ2n) is 4.62. The molecule has 2 aromatic rings. The average Bonchev–Trinajstić information content (AvgIpc) is 2.46. The first kappa shape index (κ1) is 14.1. The summed E-state index contributed by atoms with van der Waals surface area (Å²) in [6, 6.07) is 11.4. The highest BCUT2D eigenvalue weighted by Crippen LogP contribution is 2.20. The zero-order valence-corrected chi connectivity index (χ0v) is 11.8. The van der Waals surface area contributed by atoms with Gasteiger partial charge in [-0.2, -0.15) is 0 Å². The first-order valence-corrected chi connectivity index (χ1v) is 6.35. The Morgan fingerprint density at radius 1 is 1.15 bits per heavy atom. The molecule has 1 N–H and O–H groups in total. The summed E-state index contributed by atoms with van der Waals surface area (Å²) >= 11 is 0. The van der Waals surface area contributed by atoms with E-state index in [2.05, 4.69) is 5.32 Å². The molecule has 0 aliphatic carbocycles. The Kier molecular flexibility index (Phi) is 4.03. The predicted octanol–water partition coefficient (Wildman–Crippen LogP) is 3.45. The van der Waals surface area contributed by atoms with Crippen LogP contribution in [0.2, 0.25) is 0 Å². The van der Waals surface area contributed by atoms with Crippen LogP contribution in [0, 0.1) is 12.7 Å². The van der Waals surface area contributed by atoms with Gasteiger partial charge in [0.25, 0.3) is 5.91 Å². The minimum Gasteiger partial charge on any atom is -0.388 e. The Bertz CT molecular complexity index is 623. The molecule has 0 spiro atoms. The summed E-state index contributed by atoms with van der Waals surface area (Å²) in [5.74, 6) is -0.439. The van der Waals surface area contributed by atoms with Crippen molar-refractivity contribution in [3.05, 3.63) is 59.4 Å². The summed E-state index contributed by atoms with van der Waals surface area (Å²) in [6.07, 6.45) is 0. The minimum absolute atomic E-state index is 0.123. The van der Waals surface area contributed by atoms with Gasteiger partial charge in [-0.15, -0.1) is 0 Å². The van der Waals surface area contributed by atoms with Crippen molar-refractivity contribution in [2.75, 3.05) is 24.3 Å². The molecule has 104 valence electrons. The second-order valence-corrected chi connectivity index (χ2v) is 4.62. The summed E-state index contributed by atoms with van der Waals surface area (Å²) < 4.78 is 12.9. The maximum Gasteiger partial charge on any atom is 0.258 e. The van der Waals surface area contributed by atoms with Crippen LogP contribution >= 0.6 is 0 Å². The monoisotopic (exact) mass is 272 g/mol. The molecule has 1 amide bonds. The summed E-state index contributed by atoms with van der Waals surface area (Å²) in [5, 5.41) is 3.06. The first-order valence-electron chi connectivity index (χ1n) is 6.35. The molecular formula is C16H17FN2O. The number of hydrogen-bond donors (Lipinski definition) is 1. The van der Waals surface area contributed by atoms with Gasteiger partial charge in [-0.3, -0.25) is 4.79 Å². The van der Waals surface area contributed by atoms with Crippen LogP contribution in [0.1, 0.15) is 15.9 Å². The van der Waals surface area contributed by atoms with E-state index in [0.29, 0.717) is 11.3 Å². The molecule has 0 fully saturated rings. The molecule has 0 aliphatic rings. The van der Waals surface area contributed by atoms with Crippen molar-refractivity contribution < 1.29 is 9.18 Å². The molecule has 0 radical (unpaired) electrons. The van der Waals surface area contributed by atoms with E-state index in [9.17, 15) is 9.18 Å². The number of carbonyl (C=O) groups excluding carboxylic acids is 1. The van der Waals surface area contributed by atoms with Crippen LogP contribution in [0.15, 0.2) is 42.5 Å². The fourth-order valence-electron chi connectivity index (χ4n) is 2.05. The maximum atomic E-state index is 12.9. The van der Waals surface area contributed by atoms with E-state index in [1.807, 2.05) is 26.1 Å². The number of amides is 1. The van der Waals surface area contributed by atoms with Gasteiger partial charge in [0.15, 0.2) is 0 Å². The Labute approximate surface area is 118 Å². The van der Waals surface area contributed by atoms with Gasteiger partial charge >= 0.3 is 0 Å².